The molecular formula is C14H14N4O2S. The van der Waals surface area contributed by atoms with E-state index < -0.39 is 0 Å². The van der Waals surface area contributed by atoms with E-state index in [2.05, 4.69) is 20.6 Å². The van der Waals surface area contributed by atoms with Crippen LogP contribution in [-0.4, -0.2) is 27.5 Å². The highest BCUT2D eigenvalue weighted by Crippen LogP contribution is 2.15. The molecule has 0 aliphatic carbocycles. The molecule has 0 bridgehead atoms. The molecule has 2 N–H and O–H groups in total. The number of nitrogens with zero attached hydrogens (tertiary/aromatic N) is 2. The molecule has 108 valence electrons. The first-order valence-electron chi connectivity index (χ1n) is 6.21. The Morgan fingerprint density at radius 2 is 1.62 bits per heavy atom. The second kappa shape index (κ2) is 7.39. The van der Waals surface area contributed by atoms with Crippen molar-refractivity contribution < 1.29 is 9.59 Å². The van der Waals surface area contributed by atoms with Gasteiger partial charge in [0, 0.05) is 30.7 Å². The van der Waals surface area contributed by atoms with Crippen LogP contribution in [0, 0.1) is 0 Å². The molecule has 0 atom stereocenters. The van der Waals surface area contributed by atoms with Gasteiger partial charge < -0.3 is 10.6 Å². The Labute approximate surface area is 126 Å². The fourth-order valence-electron chi connectivity index (χ4n) is 1.53. The molecule has 0 spiro atoms. The van der Waals surface area contributed by atoms with Crippen LogP contribution in [0.2, 0.25) is 0 Å². The average Bonchev–Trinajstić information content (AvgIpc) is 2.48. The summed E-state index contributed by atoms with van der Waals surface area (Å²) in [7, 11) is 0. The normalized spacial score (nSPS) is 9.95. The second-order valence-corrected chi connectivity index (χ2v) is 5.07. The van der Waals surface area contributed by atoms with E-state index in [1.165, 1.54) is 18.7 Å². The maximum atomic E-state index is 11.8. The van der Waals surface area contributed by atoms with Crippen LogP contribution in [0.4, 0.5) is 11.4 Å². The summed E-state index contributed by atoms with van der Waals surface area (Å²) in [6, 6.07) is 8.63. The minimum atomic E-state index is -0.139. The van der Waals surface area contributed by atoms with Crippen molar-refractivity contribution in [3.05, 3.63) is 42.7 Å². The summed E-state index contributed by atoms with van der Waals surface area (Å²) in [6.45, 7) is 1.44. The van der Waals surface area contributed by atoms with E-state index in [1.807, 2.05) is 0 Å². The quantitative estimate of drug-likeness (QED) is 0.653. The molecule has 1 aromatic carbocycles. The number of aromatic nitrogens is 2. The lowest BCUT2D eigenvalue weighted by atomic mass is 10.3. The zero-order chi connectivity index (χ0) is 15.1. The summed E-state index contributed by atoms with van der Waals surface area (Å²) in [4.78, 5) is 30.7. The maximum Gasteiger partial charge on any atom is 0.234 e. The molecule has 0 fully saturated rings. The third-order valence-electron chi connectivity index (χ3n) is 2.36. The summed E-state index contributed by atoms with van der Waals surface area (Å²) in [5.74, 6) is -0.0388. The van der Waals surface area contributed by atoms with Gasteiger partial charge in [0.1, 0.15) is 0 Å². The van der Waals surface area contributed by atoms with Gasteiger partial charge in [0.15, 0.2) is 5.16 Å². The Hall–Kier alpha value is -2.41. The fourth-order valence-corrected chi connectivity index (χ4v) is 2.13. The lowest BCUT2D eigenvalue weighted by Gasteiger charge is -2.06. The summed E-state index contributed by atoms with van der Waals surface area (Å²) in [5.41, 5.74) is 1.36. The summed E-state index contributed by atoms with van der Waals surface area (Å²) < 4.78 is 0. The van der Waals surface area contributed by atoms with Gasteiger partial charge in [-0.3, -0.25) is 9.59 Å². The van der Waals surface area contributed by atoms with E-state index in [4.69, 9.17) is 0 Å². The minimum absolute atomic E-state index is 0.133. The van der Waals surface area contributed by atoms with E-state index in [9.17, 15) is 9.59 Å². The topological polar surface area (TPSA) is 84.0 Å². The predicted octanol–water partition coefficient (Wildman–Crippen LogP) is 2.17. The molecule has 2 rings (SSSR count). The first-order chi connectivity index (χ1) is 10.1. The summed E-state index contributed by atoms with van der Waals surface area (Å²) in [6.07, 6.45) is 3.27. The van der Waals surface area contributed by atoms with Gasteiger partial charge in [-0.2, -0.15) is 0 Å². The molecule has 0 aliphatic heterocycles. The zero-order valence-corrected chi connectivity index (χ0v) is 12.2. The number of amides is 2. The van der Waals surface area contributed by atoms with E-state index in [1.54, 1.807) is 42.7 Å². The van der Waals surface area contributed by atoms with Crippen molar-refractivity contribution in [1.82, 2.24) is 9.97 Å². The Morgan fingerprint density at radius 3 is 2.19 bits per heavy atom. The van der Waals surface area contributed by atoms with Crippen molar-refractivity contribution in [2.24, 2.45) is 0 Å². The minimum Gasteiger partial charge on any atom is -0.326 e. The van der Waals surface area contributed by atoms with Crippen molar-refractivity contribution in [2.75, 3.05) is 16.4 Å². The van der Waals surface area contributed by atoms with Gasteiger partial charge >= 0.3 is 0 Å². The van der Waals surface area contributed by atoms with Crippen LogP contribution in [0.5, 0.6) is 0 Å². The number of anilines is 2. The molecule has 0 saturated carbocycles. The van der Waals surface area contributed by atoms with Crippen LogP contribution in [0.3, 0.4) is 0 Å². The first kappa shape index (κ1) is 15.0. The molecule has 0 radical (unpaired) electrons. The molecule has 1 heterocycles. The highest BCUT2D eigenvalue weighted by molar-refractivity contribution is 7.99. The van der Waals surface area contributed by atoms with Crippen LogP contribution >= 0.6 is 11.8 Å². The SMILES string of the molecule is CC(=O)Nc1ccc(NC(=O)CSc2ncccn2)cc1. The van der Waals surface area contributed by atoms with E-state index in [-0.39, 0.29) is 17.6 Å². The van der Waals surface area contributed by atoms with Crippen molar-refractivity contribution in [3.8, 4) is 0 Å². The Morgan fingerprint density at radius 1 is 1.05 bits per heavy atom. The molecule has 21 heavy (non-hydrogen) atoms. The largest absolute Gasteiger partial charge is 0.326 e. The van der Waals surface area contributed by atoms with E-state index in [0.29, 0.717) is 16.5 Å². The third-order valence-corrected chi connectivity index (χ3v) is 3.24. The number of hydrogen-bond donors (Lipinski definition) is 2. The van der Waals surface area contributed by atoms with Gasteiger partial charge in [-0.15, -0.1) is 0 Å². The number of benzene rings is 1. The van der Waals surface area contributed by atoms with Gasteiger partial charge in [-0.25, -0.2) is 9.97 Å². The Kier molecular flexibility index (Phi) is 5.28. The molecule has 2 amide bonds. The van der Waals surface area contributed by atoms with Crippen LogP contribution in [-0.2, 0) is 9.59 Å². The molecule has 0 unspecified atom stereocenters. The van der Waals surface area contributed by atoms with Crippen molar-refractivity contribution in [2.45, 2.75) is 12.1 Å². The number of thioether (sulfide) groups is 1. The number of nitrogens with one attached hydrogen (secondary N) is 2. The summed E-state index contributed by atoms with van der Waals surface area (Å²) >= 11 is 1.27. The van der Waals surface area contributed by atoms with Gasteiger partial charge in [0.05, 0.1) is 5.75 Å². The lowest BCUT2D eigenvalue weighted by molar-refractivity contribution is -0.114. The van der Waals surface area contributed by atoms with Crippen molar-refractivity contribution in [3.63, 3.8) is 0 Å². The Bertz CT molecular complexity index is 617. The number of hydrogen-bond acceptors (Lipinski definition) is 5. The van der Waals surface area contributed by atoms with Gasteiger partial charge in [-0.05, 0) is 30.3 Å². The average molecular weight is 302 g/mol. The van der Waals surface area contributed by atoms with E-state index >= 15 is 0 Å². The predicted molar refractivity (Wildman–Crippen MR) is 82.1 cm³/mol. The van der Waals surface area contributed by atoms with Crippen LogP contribution < -0.4 is 10.6 Å². The van der Waals surface area contributed by atoms with Gasteiger partial charge in [0.2, 0.25) is 11.8 Å². The zero-order valence-electron chi connectivity index (χ0n) is 11.4. The molecule has 2 aromatic rings. The molecule has 0 aliphatic rings. The second-order valence-electron chi connectivity index (χ2n) is 4.13. The molecule has 0 saturated heterocycles. The lowest BCUT2D eigenvalue weighted by Crippen LogP contribution is -2.14. The monoisotopic (exact) mass is 302 g/mol. The maximum absolute atomic E-state index is 11.8. The third kappa shape index (κ3) is 5.23. The highest BCUT2D eigenvalue weighted by atomic mass is 32.2. The molecule has 7 heteroatoms. The first-order valence-corrected chi connectivity index (χ1v) is 7.19. The number of carbonyl (C=O) groups excluding carboxylic acids is 2. The van der Waals surface area contributed by atoms with Crippen LogP contribution in [0.1, 0.15) is 6.92 Å². The van der Waals surface area contributed by atoms with Gasteiger partial charge in [0.25, 0.3) is 0 Å². The smallest absolute Gasteiger partial charge is 0.234 e. The van der Waals surface area contributed by atoms with Crippen molar-refractivity contribution >= 4 is 35.0 Å². The molecule has 6 nitrogen and oxygen atoms in total. The highest BCUT2D eigenvalue weighted by Gasteiger charge is 2.05. The fraction of sp³-hybridized carbons (Fsp3) is 0.143. The number of carbonyl (C=O) groups is 2. The molecular weight excluding hydrogens is 288 g/mol. The van der Waals surface area contributed by atoms with Crippen LogP contribution in [0.15, 0.2) is 47.9 Å². The Balaban J connectivity index is 1.83. The van der Waals surface area contributed by atoms with E-state index in [0.717, 1.165) is 0 Å². The number of rotatable bonds is 5. The van der Waals surface area contributed by atoms with Crippen LogP contribution in [0.25, 0.3) is 0 Å². The standard InChI is InChI=1S/C14H14N4O2S/c1-10(19)17-11-3-5-12(6-4-11)18-13(20)9-21-14-15-7-2-8-16-14/h2-8H,9H2,1H3,(H,17,19)(H,18,20). The van der Waals surface area contributed by atoms with Gasteiger partial charge in [-0.1, -0.05) is 11.8 Å². The summed E-state index contributed by atoms with van der Waals surface area (Å²) in [5, 5.41) is 5.99. The molecule has 1 aromatic heterocycles. The van der Waals surface area contributed by atoms with Crippen molar-refractivity contribution in [1.29, 1.82) is 0 Å².